The molecule has 2 aliphatic carbocycles. The van der Waals surface area contributed by atoms with E-state index in [0.29, 0.717) is 24.0 Å². The number of amides is 1. The minimum absolute atomic E-state index is 0.0573. The molecule has 5 nitrogen and oxygen atoms in total. The minimum atomic E-state index is -0.0849. The molecule has 0 saturated heterocycles. The molecule has 0 spiro atoms. The molecule has 0 radical (unpaired) electrons. The second-order valence-corrected chi connectivity index (χ2v) is 5.64. The van der Waals surface area contributed by atoms with E-state index in [2.05, 4.69) is 5.32 Å². The molecular weight excluding hydrogens is 230 g/mol. The van der Waals surface area contributed by atoms with Crippen LogP contribution in [0.25, 0.3) is 0 Å². The molecular formula is C13H19N3O2. The largest absolute Gasteiger partial charge is 0.397 e. The Morgan fingerprint density at radius 3 is 2.83 bits per heavy atom. The van der Waals surface area contributed by atoms with E-state index >= 15 is 0 Å². The molecule has 2 saturated carbocycles. The summed E-state index contributed by atoms with van der Waals surface area (Å²) in [6, 6.07) is 2.17. The molecule has 2 aliphatic rings. The lowest BCUT2D eigenvalue weighted by Gasteiger charge is -2.13. The van der Waals surface area contributed by atoms with Crippen molar-refractivity contribution in [3.05, 3.63) is 18.0 Å². The Kier molecular flexibility index (Phi) is 2.59. The van der Waals surface area contributed by atoms with E-state index in [9.17, 15) is 9.90 Å². The van der Waals surface area contributed by atoms with Gasteiger partial charge in [-0.25, -0.2) is 0 Å². The van der Waals surface area contributed by atoms with Gasteiger partial charge in [0.2, 0.25) is 0 Å². The molecule has 1 heterocycles. The number of aliphatic hydroxyl groups excluding tert-OH is 1. The summed E-state index contributed by atoms with van der Waals surface area (Å²) in [6.45, 7) is 0.705. The first-order chi connectivity index (χ1) is 8.63. The number of rotatable bonds is 5. The van der Waals surface area contributed by atoms with Gasteiger partial charge in [-0.3, -0.25) is 4.79 Å². The number of anilines is 1. The van der Waals surface area contributed by atoms with Crippen LogP contribution in [0.1, 0.15) is 42.2 Å². The van der Waals surface area contributed by atoms with E-state index in [1.54, 1.807) is 6.07 Å². The van der Waals surface area contributed by atoms with Gasteiger partial charge in [-0.05, 0) is 31.7 Å². The number of hydrogen-bond acceptors (Lipinski definition) is 3. The van der Waals surface area contributed by atoms with Crippen molar-refractivity contribution in [3.8, 4) is 0 Å². The third-order valence-electron chi connectivity index (χ3n) is 3.96. The lowest BCUT2D eigenvalue weighted by Crippen LogP contribution is -2.33. The first-order valence-corrected chi connectivity index (χ1v) is 6.50. The Labute approximate surface area is 106 Å². The molecule has 0 atom stereocenters. The minimum Gasteiger partial charge on any atom is -0.397 e. The Morgan fingerprint density at radius 1 is 1.56 bits per heavy atom. The van der Waals surface area contributed by atoms with Gasteiger partial charge in [-0.1, -0.05) is 0 Å². The van der Waals surface area contributed by atoms with Crippen molar-refractivity contribution in [1.29, 1.82) is 0 Å². The molecule has 5 heteroatoms. The number of nitrogen functional groups attached to an aromatic ring is 1. The highest BCUT2D eigenvalue weighted by Gasteiger charge is 2.42. The average molecular weight is 249 g/mol. The number of aliphatic hydroxyl groups is 1. The predicted molar refractivity (Wildman–Crippen MR) is 68.2 cm³/mol. The van der Waals surface area contributed by atoms with Crippen molar-refractivity contribution >= 4 is 11.6 Å². The second-order valence-electron chi connectivity index (χ2n) is 5.64. The SMILES string of the molecule is Nc1cc(C(=O)NCC2(CO)CC2)n(C2CC2)c1. The Hall–Kier alpha value is -1.49. The number of nitrogens with two attached hydrogens (primary N) is 1. The molecule has 1 aromatic rings. The smallest absolute Gasteiger partial charge is 0.268 e. The van der Waals surface area contributed by atoms with Gasteiger partial charge in [0.25, 0.3) is 5.91 Å². The number of hydrogen-bond donors (Lipinski definition) is 3. The molecule has 1 aromatic heterocycles. The molecule has 4 N–H and O–H groups in total. The highest BCUT2D eigenvalue weighted by molar-refractivity contribution is 5.94. The molecule has 18 heavy (non-hydrogen) atoms. The van der Waals surface area contributed by atoms with Crippen LogP contribution in [0.3, 0.4) is 0 Å². The van der Waals surface area contributed by atoms with Gasteiger partial charge in [0, 0.05) is 24.2 Å². The lowest BCUT2D eigenvalue weighted by atomic mass is 10.1. The lowest BCUT2D eigenvalue weighted by molar-refractivity contribution is 0.0925. The van der Waals surface area contributed by atoms with Gasteiger partial charge >= 0.3 is 0 Å². The zero-order valence-corrected chi connectivity index (χ0v) is 10.4. The van der Waals surface area contributed by atoms with Gasteiger partial charge in [0.05, 0.1) is 12.3 Å². The summed E-state index contributed by atoms with van der Waals surface area (Å²) in [7, 11) is 0. The van der Waals surface area contributed by atoms with Gasteiger partial charge in [-0.15, -0.1) is 0 Å². The third-order valence-corrected chi connectivity index (χ3v) is 3.96. The van der Waals surface area contributed by atoms with Crippen LogP contribution >= 0.6 is 0 Å². The van der Waals surface area contributed by atoms with E-state index in [4.69, 9.17) is 5.73 Å². The van der Waals surface area contributed by atoms with E-state index in [0.717, 1.165) is 25.7 Å². The number of carbonyl (C=O) groups is 1. The second kappa shape index (κ2) is 4.02. The summed E-state index contributed by atoms with van der Waals surface area (Å²) in [5, 5.41) is 12.1. The fourth-order valence-corrected chi connectivity index (χ4v) is 2.26. The number of carbonyl (C=O) groups excluding carboxylic acids is 1. The maximum Gasteiger partial charge on any atom is 0.268 e. The quantitative estimate of drug-likeness (QED) is 0.725. The van der Waals surface area contributed by atoms with E-state index in [1.165, 1.54) is 0 Å². The number of nitrogens with zero attached hydrogens (tertiary/aromatic N) is 1. The first-order valence-electron chi connectivity index (χ1n) is 6.50. The summed E-state index contributed by atoms with van der Waals surface area (Å²) in [4.78, 5) is 12.1. The fourth-order valence-electron chi connectivity index (χ4n) is 2.26. The fraction of sp³-hybridized carbons (Fsp3) is 0.615. The molecule has 3 rings (SSSR count). The molecule has 0 bridgehead atoms. The van der Waals surface area contributed by atoms with Gasteiger partial charge in [-0.2, -0.15) is 0 Å². The predicted octanol–water partition coefficient (Wildman–Crippen LogP) is 0.907. The van der Waals surface area contributed by atoms with Gasteiger partial charge in [0.1, 0.15) is 5.69 Å². The monoisotopic (exact) mass is 249 g/mol. The number of nitrogens with one attached hydrogen (secondary N) is 1. The molecule has 2 fully saturated rings. The highest BCUT2D eigenvalue weighted by atomic mass is 16.3. The van der Waals surface area contributed by atoms with E-state index in [-0.39, 0.29) is 17.9 Å². The van der Waals surface area contributed by atoms with Crippen LogP contribution in [0.5, 0.6) is 0 Å². The summed E-state index contributed by atoms with van der Waals surface area (Å²) in [6.07, 6.45) is 6.07. The van der Waals surface area contributed by atoms with Gasteiger partial charge in [0.15, 0.2) is 0 Å². The normalized spacial score (nSPS) is 20.7. The highest BCUT2D eigenvalue weighted by Crippen LogP contribution is 2.44. The average Bonchev–Trinajstić information content (AvgIpc) is 3.26. The summed E-state index contributed by atoms with van der Waals surface area (Å²) >= 11 is 0. The summed E-state index contributed by atoms with van der Waals surface area (Å²) < 4.78 is 1.98. The number of aromatic nitrogens is 1. The van der Waals surface area contributed by atoms with Crippen molar-refractivity contribution in [2.75, 3.05) is 18.9 Å². The van der Waals surface area contributed by atoms with Crippen LogP contribution in [0, 0.1) is 5.41 Å². The standard InChI is InChI=1S/C13H19N3O2/c14-9-5-11(16(6-9)10-1-2-10)12(18)15-7-13(8-17)3-4-13/h5-6,10,17H,1-4,7-8,14H2,(H,15,18). The van der Waals surface area contributed by atoms with Crippen LogP contribution in [-0.4, -0.2) is 28.7 Å². The zero-order valence-electron chi connectivity index (χ0n) is 10.4. The van der Waals surface area contributed by atoms with E-state index < -0.39 is 0 Å². The molecule has 1 amide bonds. The Bertz CT molecular complexity index is 473. The van der Waals surface area contributed by atoms with Crippen LogP contribution in [0.2, 0.25) is 0 Å². The van der Waals surface area contributed by atoms with E-state index in [1.807, 2.05) is 10.8 Å². The van der Waals surface area contributed by atoms with Crippen molar-refractivity contribution in [3.63, 3.8) is 0 Å². The van der Waals surface area contributed by atoms with Crippen molar-refractivity contribution in [2.45, 2.75) is 31.7 Å². The molecule has 0 aliphatic heterocycles. The zero-order chi connectivity index (χ0) is 12.8. The first kappa shape index (κ1) is 11.6. The van der Waals surface area contributed by atoms with Gasteiger partial charge < -0.3 is 20.7 Å². The van der Waals surface area contributed by atoms with Crippen molar-refractivity contribution in [1.82, 2.24) is 9.88 Å². The topological polar surface area (TPSA) is 80.3 Å². The Morgan fingerprint density at radius 2 is 2.28 bits per heavy atom. The molecule has 0 aromatic carbocycles. The maximum atomic E-state index is 12.1. The van der Waals surface area contributed by atoms with Crippen LogP contribution in [0.4, 0.5) is 5.69 Å². The summed E-state index contributed by atoms with van der Waals surface area (Å²) in [5.74, 6) is -0.0849. The molecule has 98 valence electrons. The van der Waals surface area contributed by atoms with Crippen molar-refractivity contribution < 1.29 is 9.90 Å². The Balaban J connectivity index is 1.68. The van der Waals surface area contributed by atoms with Crippen molar-refractivity contribution in [2.24, 2.45) is 5.41 Å². The maximum absolute atomic E-state index is 12.1. The van der Waals surface area contributed by atoms with Crippen LogP contribution in [-0.2, 0) is 0 Å². The summed E-state index contributed by atoms with van der Waals surface area (Å²) in [5.41, 5.74) is 6.98. The van der Waals surface area contributed by atoms with Crippen LogP contribution in [0.15, 0.2) is 12.3 Å². The molecule has 0 unspecified atom stereocenters. The van der Waals surface area contributed by atoms with Crippen LogP contribution < -0.4 is 11.1 Å². The third kappa shape index (κ3) is 2.10.